The molecule has 0 radical (unpaired) electrons. The molecule has 1 N–H and O–H groups in total. The summed E-state index contributed by atoms with van der Waals surface area (Å²) in [5.41, 5.74) is 3.46. The minimum absolute atomic E-state index is 0.0000772. The summed E-state index contributed by atoms with van der Waals surface area (Å²) in [5.74, 6) is -1.88. The van der Waals surface area contributed by atoms with Gasteiger partial charge in [0, 0.05) is 30.7 Å². The van der Waals surface area contributed by atoms with Crippen molar-refractivity contribution in [3.8, 4) is 0 Å². The van der Waals surface area contributed by atoms with Crippen LogP contribution in [0, 0.1) is 24.6 Å². The van der Waals surface area contributed by atoms with Gasteiger partial charge < -0.3 is 10.2 Å². The lowest BCUT2D eigenvalue weighted by atomic mass is 9.76. The molecule has 7 nitrogen and oxygen atoms in total. The number of hydrogen-bond acceptors (Lipinski definition) is 4. The SMILES string of the molecule is Cc1cccc(F)c1C(=O)N1C2CCCC2CC(C(=O)Nc2ccc3c(cnn3C)c2)[C@@H]1c1ccc(CN2CCC[C@@H]2C(F)(F)F)cc1. The Kier molecular flexibility index (Phi) is 8.51. The van der Waals surface area contributed by atoms with Crippen LogP contribution >= 0.6 is 0 Å². The van der Waals surface area contributed by atoms with E-state index in [4.69, 9.17) is 0 Å². The molecular formula is C37H39F4N5O2. The highest BCUT2D eigenvalue weighted by molar-refractivity contribution is 5.99. The molecule has 0 bridgehead atoms. The number of piperidine rings is 1. The van der Waals surface area contributed by atoms with Crippen molar-refractivity contribution in [1.29, 1.82) is 0 Å². The Morgan fingerprint density at radius 3 is 2.54 bits per heavy atom. The summed E-state index contributed by atoms with van der Waals surface area (Å²) in [6.45, 7) is 2.23. The third-order valence-corrected chi connectivity index (χ3v) is 10.7. The van der Waals surface area contributed by atoms with Crippen molar-refractivity contribution < 1.29 is 27.2 Å². The molecule has 3 aliphatic rings. The third-order valence-electron chi connectivity index (χ3n) is 10.7. The molecule has 3 unspecified atom stereocenters. The molecule has 252 valence electrons. The smallest absolute Gasteiger partial charge is 0.327 e. The van der Waals surface area contributed by atoms with Crippen LogP contribution in [0.15, 0.2) is 66.9 Å². The monoisotopic (exact) mass is 661 g/mol. The first kappa shape index (κ1) is 32.3. The van der Waals surface area contributed by atoms with E-state index in [1.54, 1.807) is 47.0 Å². The van der Waals surface area contributed by atoms with Gasteiger partial charge in [0.2, 0.25) is 5.91 Å². The maximum Gasteiger partial charge on any atom is 0.404 e. The van der Waals surface area contributed by atoms with E-state index in [9.17, 15) is 22.8 Å². The number of benzene rings is 3. The molecule has 1 saturated carbocycles. The Morgan fingerprint density at radius 2 is 1.79 bits per heavy atom. The molecule has 2 amide bonds. The number of aromatic nitrogens is 2. The van der Waals surface area contributed by atoms with Gasteiger partial charge in [0.15, 0.2) is 0 Å². The minimum atomic E-state index is -4.29. The maximum atomic E-state index is 15.3. The molecule has 2 saturated heterocycles. The molecule has 3 aromatic carbocycles. The van der Waals surface area contributed by atoms with Gasteiger partial charge >= 0.3 is 6.18 Å². The second kappa shape index (κ2) is 12.7. The van der Waals surface area contributed by atoms with Crippen LogP contribution in [-0.4, -0.2) is 56.2 Å². The van der Waals surface area contributed by atoms with Gasteiger partial charge in [-0.15, -0.1) is 0 Å². The first-order valence-electron chi connectivity index (χ1n) is 16.7. The van der Waals surface area contributed by atoms with Crippen molar-refractivity contribution in [3.05, 3.63) is 94.9 Å². The summed E-state index contributed by atoms with van der Waals surface area (Å²) in [4.78, 5) is 32.0. The zero-order chi connectivity index (χ0) is 33.7. The number of rotatable bonds is 6. The number of nitrogens with zero attached hydrogens (tertiary/aromatic N) is 4. The van der Waals surface area contributed by atoms with Crippen LogP contribution in [0.1, 0.15) is 71.6 Å². The quantitative estimate of drug-likeness (QED) is 0.217. The number of carbonyl (C=O) groups is 2. The van der Waals surface area contributed by atoms with Crippen molar-refractivity contribution in [2.45, 2.75) is 76.3 Å². The molecule has 1 aromatic heterocycles. The number of hydrogen-bond donors (Lipinski definition) is 1. The summed E-state index contributed by atoms with van der Waals surface area (Å²) in [7, 11) is 1.85. The molecule has 11 heteroatoms. The Bertz CT molecular complexity index is 1820. The van der Waals surface area contributed by atoms with Crippen LogP contribution in [0.2, 0.25) is 0 Å². The van der Waals surface area contributed by atoms with E-state index in [2.05, 4.69) is 10.4 Å². The molecular weight excluding hydrogens is 622 g/mol. The number of nitrogens with one attached hydrogen (secondary N) is 1. The molecule has 2 aliphatic heterocycles. The van der Waals surface area contributed by atoms with Crippen molar-refractivity contribution >= 4 is 28.4 Å². The van der Waals surface area contributed by atoms with Crippen molar-refractivity contribution in [2.24, 2.45) is 18.9 Å². The lowest BCUT2D eigenvalue weighted by Crippen LogP contribution is -2.54. The number of alkyl halides is 3. The largest absolute Gasteiger partial charge is 0.404 e. The average Bonchev–Trinajstić information content (AvgIpc) is 3.80. The molecule has 3 fully saturated rings. The van der Waals surface area contributed by atoms with E-state index in [0.717, 1.165) is 35.7 Å². The summed E-state index contributed by atoms with van der Waals surface area (Å²) in [6, 6.07) is 15.0. The molecule has 4 aromatic rings. The van der Waals surface area contributed by atoms with Crippen LogP contribution in [-0.2, 0) is 18.4 Å². The van der Waals surface area contributed by atoms with Gasteiger partial charge in [-0.1, -0.05) is 42.8 Å². The van der Waals surface area contributed by atoms with E-state index < -0.39 is 35.9 Å². The van der Waals surface area contributed by atoms with E-state index in [-0.39, 0.29) is 36.4 Å². The van der Waals surface area contributed by atoms with Gasteiger partial charge in [0.1, 0.15) is 11.9 Å². The summed E-state index contributed by atoms with van der Waals surface area (Å²) >= 11 is 0. The van der Waals surface area contributed by atoms with Crippen molar-refractivity contribution in [3.63, 3.8) is 0 Å². The molecule has 0 spiro atoms. The fourth-order valence-electron chi connectivity index (χ4n) is 8.38. The fourth-order valence-corrected chi connectivity index (χ4v) is 8.38. The highest BCUT2D eigenvalue weighted by Crippen LogP contribution is 2.49. The number of likely N-dealkylation sites (tertiary alicyclic amines) is 2. The molecule has 1 aliphatic carbocycles. The normalized spacial score (nSPS) is 24.6. The highest BCUT2D eigenvalue weighted by Gasteiger charge is 2.50. The molecule has 7 rings (SSSR count). The van der Waals surface area contributed by atoms with Crippen molar-refractivity contribution in [2.75, 3.05) is 11.9 Å². The van der Waals surface area contributed by atoms with Gasteiger partial charge in [-0.05, 0) is 92.4 Å². The van der Waals surface area contributed by atoms with Crippen LogP contribution < -0.4 is 5.32 Å². The number of carbonyl (C=O) groups excluding carboxylic acids is 2. The first-order valence-corrected chi connectivity index (χ1v) is 16.7. The summed E-state index contributed by atoms with van der Waals surface area (Å²) in [5, 5.41) is 8.26. The number of halogens is 4. The number of anilines is 1. The predicted octanol–water partition coefficient (Wildman–Crippen LogP) is 7.56. The van der Waals surface area contributed by atoms with Crippen molar-refractivity contribution in [1.82, 2.24) is 19.6 Å². The maximum absolute atomic E-state index is 15.3. The lowest BCUT2D eigenvalue weighted by molar-refractivity contribution is -0.177. The number of fused-ring (bicyclic) bond motifs is 2. The van der Waals surface area contributed by atoms with E-state index in [0.29, 0.717) is 36.2 Å². The van der Waals surface area contributed by atoms with Crippen LogP contribution in [0.5, 0.6) is 0 Å². The van der Waals surface area contributed by atoms with E-state index in [1.165, 1.54) is 11.0 Å². The molecule has 48 heavy (non-hydrogen) atoms. The van der Waals surface area contributed by atoms with E-state index >= 15 is 4.39 Å². The van der Waals surface area contributed by atoms with Crippen LogP contribution in [0.25, 0.3) is 10.9 Å². The topological polar surface area (TPSA) is 70.5 Å². The number of amides is 2. The van der Waals surface area contributed by atoms with Crippen LogP contribution in [0.4, 0.5) is 23.2 Å². The van der Waals surface area contributed by atoms with Gasteiger partial charge in [-0.25, -0.2) is 4.39 Å². The second-order valence-corrected chi connectivity index (χ2v) is 13.6. The molecule has 3 heterocycles. The lowest BCUT2D eigenvalue weighted by Gasteiger charge is -2.48. The second-order valence-electron chi connectivity index (χ2n) is 13.6. The predicted molar refractivity (Wildman–Crippen MR) is 175 cm³/mol. The Morgan fingerprint density at radius 1 is 1.00 bits per heavy atom. The minimum Gasteiger partial charge on any atom is -0.327 e. The van der Waals surface area contributed by atoms with Gasteiger partial charge in [-0.3, -0.25) is 19.2 Å². The Labute approximate surface area is 276 Å². The van der Waals surface area contributed by atoms with Gasteiger partial charge in [-0.2, -0.15) is 18.3 Å². The average molecular weight is 662 g/mol. The zero-order valence-electron chi connectivity index (χ0n) is 27.0. The summed E-state index contributed by atoms with van der Waals surface area (Å²) < 4.78 is 58.0. The number of aryl methyl sites for hydroxylation is 2. The molecule has 5 atom stereocenters. The fraction of sp³-hybridized carbons (Fsp3) is 0.432. The van der Waals surface area contributed by atoms with Gasteiger partial charge in [0.25, 0.3) is 5.91 Å². The standard InChI is InChI=1S/C37H39F4N5O2/c1-22-6-3-8-29(38)33(22)36(48)46-31-9-4-7-25(31)19-28(35(47)43-27-15-16-30-26(18-27)20-42-44(30)2)34(46)24-13-11-23(12-14-24)21-45-17-5-10-32(45)37(39,40)41/h3,6,8,11-16,18,20,25,28,31-32,34H,4-5,7,9-10,17,19,21H2,1-2H3,(H,43,47)/t25?,28?,31?,32-,34+/m1/s1. The summed E-state index contributed by atoms with van der Waals surface area (Å²) in [6.07, 6.45) is 1.07. The first-order chi connectivity index (χ1) is 23.0. The van der Waals surface area contributed by atoms with Crippen LogP contribution in [0.3, 0.4) is 0 Å². The van der Waals surface area contributed by atoms with Gasteiger partial charge in [0.05, 0.1) is 29.2 Å². The Hall–Kier alpha value is -4.25. The van der Waals surface area contributed by atoms with E-state index in [1.807, 2.05) is 37.4 Å². The highest BCUT2D eigenvalue weighted by atomic mass is 19.4. The third kappa shape index (κ3) is 5.97. The Balaban J connectivity index is 1.25. The zero-order valence-corrected chi connectivity index (χ0v) is 27.0.